The summed E-state index contributed by atoms with van der Waals surface area (Å²) < 4.78 is 21.4. The number of carbonyl (C=O) groups excluding carboxylic acids is 2. The zero-order valence-electron chi connectivity index (χ0n) is 23.0. The predicted octanol–water partition coefficient (Wildman–Crippen LogP) is 6.80. The molecule has 0 saturated carbocycles. The molecule has 0 aliphatic rings. The first-order chi connectivity index (χ1) is 19.3. The highest BCUT2D eigenvalue weighted by Gasteiger charge is 2.15. The Morgan fingerprint density at radius 3 is 1.40 bits per heavy atom. The van der Waals surface area contributed by atoms with Crippen LogP contribution in [0.5, 0.6) is 11.5 Å². The quantitative estimate of drug-likeness (QED) is 0.0799. The van der Waals surface area contributed by atoms with Crippen molar-refractivity contribution in [2.24, 2.45) is 20.5 Å². The standard InChI is InChI=1S/C28H34N4O8/c1-5-37-27(35)25(19(3)33)31-29-21-13-7-9-15-23(21)39-17-11-12-18-40-24-16-10-8-14-22(24)30-32-26(20(4)34)28(36)38-6-2/h7-10,13-16,33-34H,5-6,11-12,17-18H2,1-4H3/b25-19-,26-20-,31-29?,32-30?. The third-order valence-corrected chi connectivity index (χ3v) is 4.92. The van der Waals surface area contributed by atoms with Gasteiger partial charge in [0.2, 0.25) is 11.4 Å². The van der Waals surface area contributed by atoms with E-state index >= 15 is 0 Å². The highest BCUT2D eigenvalue weighted by molar-refractivity contribution is 5.88. The number of nitrogens with zero attached hydrogens (tertiary/aromatic N) is 4. The van der Waals surface area contributed by atoms with E-state index in [4.69, 9.17) is 18.9 Å². The number of aliphatic hydroxyl groups is 2. The molecule has 12 nitrogen and oxygen atoms in total. The van der Waals surface area contributed by atoms with E-state index in [1.807, 2.05) is 0 Å². The minimum Gasteiger partial charge on any atom is -0.510 e. The van der Waals surface area contributed by atoms with Gasteiger partial charge in [0.1, 0.15) is 34.4 Å². The number of aliphatic hydroxyl groups excluding tert-OH is 2. The summed E-state index contributed by atoms with van der Waals surface area (Å²) in [6.07, 6.45) is 1.30. The number of para-hydroxylation sites is 2. The van der Waals surface area contributed by atoms with Gasteiger partial charge in [0.25, 0.3) is 0 Å². The van der Waals surface area contributed by atoms with Crippen molar-refractivity contribution >= 4 is 23.3 Å². The fraction of sp³-hybridized carbons (Fsp3) is 0.357. The molecule has 214 valence electrons. The van der Waals surface area contributed by atoms with Gasteiger partial charge in [-0.15, -0.1) is 20.5 Å². The van der Waals surface area contributed by atoms with Crippen molar-refractivity contribution in [1.82, 2.24) is 0 Å². The molecule has 0 amide bonds. The van der Waals surface area contributed by atoms with Crippen molar-refractivity contribution in [3.63, 3.8) is 0 Å². The van der Waals surface area contributed by atoms with Gasteiger partial charge < -0.3 is 29.2 Å². The van der Waals surface area contributed by atoms with E-state index in [1.165, 1.54) is 13.8 Å². The summed E-state index contributed by atoms with van der Waals surface area (Å²) in [5.74, 6) is -1.23. The highest BCUT2D eigenvalue weighted by Crippen LogP contribution is 2.29. The average molecular weight is 555 g/mol. The molecule has 2 rings (SSSR count). The third kappa shape index (κ3) is 10.2. The molecular formula is C28H34N4O8. The number of hydrogen-bond donors (Lipinski definition) is 2. The SMILES string of the molecule is CCOC(=O)/C(N=Nc1ccccc1OCCCCOc1ccccc1N=N/C(C(=O)OCC)=C(/C)O)=C(\C)O. The molecular weight excluding hydrogens is 520 g/mol. The number of esters is 2. The summed E-state index contributed by atoms with van der Waals surface area (Å²) in [7, 11) is 0. The van der Waals surface area contributed by atoms with Gasteiger partial charge >= 0.3 is 11.9 Å². The van der Waals surface area contributed by atoms with Crippen LogP contribution in [0.15, 0.2) is 91.9 Å². The molecule has 2 aromatic rings. The lowest BCUT2D eigenvalue weighted by Gasteiger charge is -2.10. The van der Waals surface area contributed by atoms with Crippen LogP contribution in [0.25, 0.3) is 0 Å². The zero-order chi connectivity index (χ0) is 29.3. The van der Waals surface area contributed by atoms with E-state index in [1.54, 1.807) is 62.4 Å². The van der Waals surface area contributed by atoms with Crippen LogP contribution in [0, 0.1) is 0 Å². The normalized spacial score (nSPS) is 12.6. The number of carbonyl (C=O) groups is 2. The molecule has 40 heavy (non-hydrogen) atoms. The summed E-state index contributed by atoms with van der Waals surface area (Å²) >= 11 is 0. The Morgan fingerprint density at radius 1 is 0.675 bits per heavy atom. The Kier molecular flexibility index (Phi) is 13.4. The summed E-state index contributed by atoms with van der Waals surface area (Å²) in [4.78, 5) is 23.9. The summed E-state index contributed by atoms with van der Waals surface area (Å²) in [5, 5.41) is 35.3. The third-order valence-electron chi connectivity index (χ3n) is 4.92. The summed E-state index contributed by atoms with van der Waals surface area (Å²) in [6, 6.07) is 13.8. The van der Waals surface area contributed by atoms with Gasteiger partial charge in [-0.2, -0.15) is 0 Å². The van der Waals surface area contributed by atoms with Gasteiger partial charge in [-0.25, -0.2) is 9.59 Å². The highest BCUT2D eigenvalue weighted by atomic mass is 16.5. The second kappa shape index (κ2) is 17.0. The molecule has 0 heterocycles. The maximum absolute atomic E-state index is 12.0. The molecule has 0 aromatic heterocycles. The number of allylic oxidation sites excluding steroid dienone is 2. The molecule has 0 aliphatic carbocycles. The fourth-order valence-electron chi connectivity index (χ4n) is 3.02. The van der Waals surface area contributed by atoms with E-state index in [2.05, 4.69) is 20.5 Å². The minimum atomic E-state index is -0.771. The van der Waals surface area contributed by atoms with Gasteiger partial charge in [0.05, 0.1) is 26.4 Å². The van der Waals surface area contributed by atoms with Crippen LogP contribution in [0.4, 0.5) is 11.4 Å². The number of rotatable bonds is 15. The second-order valence-corrected chi connectivity index (χ2v) is 8.05. The maximum Gasteiger partial charge on any atom is 0.362 e. The second-order valence-electron chi connectivity index (χ2n) is 8.05. The van der Waals surface area contributed by atoms with Crippen molar-refractivity contribution in [3.8, 4) is 11.5 Å². The van der Waals surface area contributed by atoms with Crippen LogP contribution in [0.2, 0.25) is 0 Å². The molecule has 0 atom stereocenters. The summed E-state index contributed by atoms with van der Waals surface area (Å²) in [6.45, 7) is 6.95. The van der Waals surface area contributed by atoms with E-state index in [0.29, 0.717) is 48.9 Å². The van der Waals surface area contributed by atoms with Crippen LogP contribution in [-0.2, 0) is 19.1 Å². The van der Waals surface area contributed by atoms with E-state index in [9.17, 15) is 19.8 Å². The lowest BCUT2D eigenvalue weighted by Crippen LogP contribution is -2.07. The Morgan fingerprint density at radius 2 is 1.05 bits per heavy atom. The first kappa shape index (κ1) is 31.5. The van der Waals surface area contributed by atoms with Crippen molar-refractivity contribution < 1.29 is 38.7 Å². The first-order valence-electron chi connectivity index (χ1n) is 12.7. The Labute approximate surface area is 232 Å². The lowest BCUT2D eigenvalue weighted by molar-refractivity contribution is -0.139. The van der Waals surface area contributed by atoms with Crippen LogP contribution in [0.3, 0.4) is 0 Å². The maximum atomic E-state index is 12.0. The van der Waals surface area contributed by atoms with E-state index in [-0.39, 0.29) is 36.1 Å². The molecule has 0 fully saturated rings. The van der Waals surface area contributed by atoms with E-state index < -0.39 is 11.9 Å². The lowest BCUT2D eigenvalue weighted by atomic mass is 10.3. The van der Waals surface area contributed by atoms with Crippen LogP contribution < -0.4 is 9.47 Å². The topological polar surface area (TPSA) is 161 Å². The minimum absolute atomic E-state index is 0.140. The average Bonchev–Trinajstić information content (AvgIpc) is 2.92. The van der Waals surface area contributed by atoms with Crippen molar-refractivity contribution in [2.45, 2.75) is 40.5 Å². The van der Waals surface area contributed by atoms with Crippen LogP contribution in [-0.4, -0.2) is 48.6 Å². The predicted molar refractivity (Wildman–Crippen MR) is 146 cm³/mol. The molecule has 0 bridgehead atoms. The number of ether oxygens (including phenoxy) is 4. The Balaban J connectivity index is 1.93. The largest absolute Gasteiger partial charge is 0.510 e. The molecule has 0 spiro atoms. The van der Waals surface area contributed by atoms with Gasteiger partial charge in [0, 0.05) is 0 Å². The van der Waals surface area contributed by atoms with Crippen molar-refractivity contribution in [2.75, 3.05) is 26.4 Å². The Hall–Kier alpha value is -4.74. The zero-order valence-corrected chi connectivity index (χ0v) is 23.0. The number of azo groups is 2. The van der Waals surface area contributed by atoms with Gasteiger partial charge in [-0.3, -0.25) is 0 Å². The van der Waals surface area contributed by atoms with Gasteiger partial charge in [0.15, 0.2) is 0 Å². The van der Waals surface area contributed by atoms with Crippen molar-refractivity contribution in [1.29, 1.82) is 0 Å². The number of benzene rings is 2. The van der Waals surface area contributed by atoms with Gasteiger partial charge in [-0.05, 0) is 64.8 Å². The van der Waals surface area contributed by atoms with Crippen molar-refractivity contribution in [3.05, 3.63) is 71.4 Å². The number of hydrogen-bond acceptors (Lipinski definition) is 12. The molecule has 2 aromatic carbocycles. The first-order valence-corrected chi connectivity index (χ1v) is 12.7. The summed E-state index contributed by atoms with van der Waals surface area (Å²) in [5.41, 5.74) is 0.201. The molecule has 2 N–H and O–H groups in total. The fourth-order valence-corrected chi connectivity index (χ4v) is 3.02. The smallest absolute Gasteiger partial charge is 0.362 e. The number of unbranched alkanes of at least 4 members (excludes halogenated alkanes) is 1. The van der Waals surface area contributed by atoms with Gasteiger partial charge in [-0.1, -0.05) is 24.3 Å². The monoisotopic (exact) mass is 554 g/mol. The molecule has 0 aliphatic heterocycles. The molecule has 0 saturated heterocycles. The molecule has 0 unspecified atom stereocenters. The molecule has 0 radical (unpaired) electrons. The molecule has 12 heteroatoms. The van der Waals surface area contributed by atoms with Crippen LogP contribution >= 0.6 is 0 Å². The van der Waals surface area contributed by atoms with E-state index in [0.717, 1.165) is 0 Å². The Bertz CT molecular complexity index is 1160. The van der Waals surface area contributed by atoms with Crippen LogP contribution in [0.1, 0.15) is 40.5 Å².